The molecular weight excluding hydrogens is 400 g/mol. The predicted octanol–water partition coefficient (Wildman–Crippen LogP) is 3.44. The molecule has 1 amide bonds. The molecule has 0 aliphatic heterocycles. The van der Waals surface area contributed by atoms with E-state index in [-0.39, 0.29) is 22.6 Å². The molecule has 6 nitrogen and oxygen atoms in total. The molecule has 1 aliphatic rings. The first kappa shape index (κ1) is 22.3. The van der Waals surface area contributed by atoms with E-state index in [1.165, 1.54) is 0 Å². The molecule has 1 N–H and O–H groups in total. The number of ether oxygens (including phenoxy) is 1. The van der Waals surface area contributed by atoms with Gasteiger partial charge in [-0.15, -0.1) is 0 Å². The minimum atomic E-state index is -3.54. The monoisotopic (exact) mass is 430 g/mol. The second kappa shape index (κ2) is 10.1. The van der Waals surface area contributed by atoms with Crippen LogP contribution in [-0.4, -0.2) is 39.9 Å². The third-order valence-electron chi connectivity index (χ3n) is 5.77. The third-order valence-corrected chi connectivity index (χ3v) is 7.21. The fraction of sp³-hybridized carbons (Fsp3) is 0.435. The smallest absolute Gasteiger partial charge is 0.240 e. The van der Waals surface area contributed by atoms with Crippen LogP contribution >= 0.6 is 0 Å². The number of nitrogens with one attached hydrogen (secondary N) is 1. The number of hydrogen-bond acceptors (Lipinski definition) is 4. The molecule has 1 fully saturated rings. The number of nitrogens with zero attached hydrogens (tertiary/aromatic N) is 1. The van der Waals surface area contributed by atoms with Crippen LogP contribution in [0, 0.1) is 11.8 Å². The average Bonchev–Trinajstić information content (AvgIpc) is 2.78. The summed E-state index contributed by atoms with van der Waals surface area (Å²) >= 11 is 0. The zero-order valence-electron chi connectivity index (χ0n) is 17.6. The van der Waals surface area contributed by atoms with Gasteiger partial charge in [-0.05, 0) is 61.4 Å². The molecule has 0 saturated heterocycles. The van der Waals surface area contributed by atoms with Gasteiger partial charge in [0, 0.05) is 26.1 Å². The van der Waals surface area contributed by atoms with E-state index in [2.05, 4.69) is 4.72 Å². The van der Waals surface area contributed by atoms with Gasteiger partial charge in [-0.25, -0.2) is 13.1 Å². The minimum absolute atomic E-state index is 0.0214. The van der Waals surface area contributed by atoms with Crippen molar-refractivity contribution in [1.29, 1.82) is 0 Å². The summed E-state index contributed by atoms with van der Waals surface area (Å²) < 4.78 is 32.8. The summed E-state index contributed by atoms with van der Waals surface area (Å²) in [5, 5.41) is 0. The lowest BCUT2D eigenvalue weighted by Gasteiger charge is -2.30. The quantitative estimate of drug-likeness (QED) is 0.696. The largest absolute Gasteiger partial charge is 0.497 e. The first-order chi connectivity index (χ1) is 14.4. The van der Waals surface area contributed by atoms with Gasteiger partial charge in [-0.1, -0.05) is 30.3 Å². The highest BCUT2D eigenvalue weighted by molar-refractivity contribution is 7.89. The molecule has 0 aromatic heterocycles. The van der Waals surface area contributed by atoms with Crippen molar-refractivity contribution in [3.63, 3.8) is 0 Å². The van der Waals surface area contributed by atoms with Gasteiger partial charge in [-0.3, -0.25) is 4.79 Å². The van der Waals surface area contributed by atoms with Gasteiger partial charge in [0.1, 0.15) is 5.75 Å². The molecule has 0 bridgehead atoms. The number of rotatable bonds is 8. The third kappa shape index (κ3) is 5.83. The number of carbonyl (C=O) groups is 1. The Balaban J connectivity index is 1.46. The van der Waals surface area contributed by atoms with Crippen LogP contribution in [-0.2, 0) is 21.4 Å². The Labute approximate surface area is 179 Å². The van der Waals surface area contributed by atoms with Crippen molar-refractivity contribution >= 4 is 15.9 Å². The maximum Gasteiger partial charge on any atom is 0.240 e. The van der Waals surface area contributed by atoms with Crippen LogP contribution < -0.4 is 9.46 Å². The topological polar surface area (TPSA) is 75.7 Å². The zero-order valence-corrected chi connectivity index (χ0v) is 18.4. The molecule has 3 rings (SSSR count). The molecule has 2 aromatic carbocycles. The summed E-state index contributed by atoms with van der Waals surface area (Å²) in [5.74, 6) is 1.07. The lowest BCUT2D eigenvalue weighted by molar-refractivity contribution is -0.136. The van der Waals surface area contributed by atoms with Crippen LogP contribution in [0.1, 0.15) is 31.2 Å². The summed E-state index contributed by atoms with van der Waals surface area (Å²) in [6, 6.07) is 16.3. The molecule has 0 heterocycles. The van der Waals surface area contributed by atoms with E-state index in [1.807, 2.05) is 37.4 Å². The van der Waals surface area contributed by atoms with E-state index in [4.69, 9.17) is 4.74 Å². The SMILES string of the molecule is COc1ccc(S(=O)(=O)NCC2CCC(C(=O)N(C)Cc3ccccc3)CC2)cc1. The normalized spacial score (nSPS) is 19.3. The summed E-state index contributed by atoms with van der Waals surface area (Å²) in [6.07, 6.45) is 3.29. The Morgan fingerprint density at radius 3 is 2.27 bits per heavy atom. The Morgan fingerprint density at radius 1 is 1.03 bits per heavy atom. The number of hydrogen-bond donors (Lipinski definition) is 1. The predicted molar refractivity (Wildman–Crippen MR) is 117 cm³/mol. The van der Waals surface area contributed by atoms with Crippen molar-refractivity contribution < 1.29 is 17.9 Å². The second-order valence-electron chi connectivity index (χ2n) is 7.92. The summed E-state index contributed by atoms with van der Waals surface area (Å²) in [7, 11) is -0.148. The molecule has 0 unspecified atom stereocenters. The summed E-state index contributed by atoms with van der Waals surface area (Å²) in [5.41, 5.74) is 1.12. The van der Waals surface area contributed by atoms with Crippen molar-refractivity contribution in [2.75, 3.05) is 20.7 Å². The Morgan fingerprint density at radius 2 is 1.67 bits per heavy atom. The van der Waals surface area contributed by atoms with Crippen molar-refractivity contribution in [3.05, 3.63) is 60.2 Å². The average molecular weight is 431 g/mol. The van der Waals surface area contributed by atoms with E-state index in [1.54, 1.807) is 36.3 Å². The Kier molecular flexibility index (Phi) is 7.50. The maximum absolute atomic E-state index is 12.8. The molecule has 1 saturated carbocycles. The standard InChI is InChI=1S/C23H30N2O4S/c1-25(17-19-6-4-3-5-7-19)23(26)20-10-8-18(9-11-20)16-24-30(27,28)22-14-12-21(29-2)13-15-22/h3-7,12-15,18,20,24H,8-11,16-17H2,1-2H3. The summed E-state index contributed by atoms with van der Waals surface area (Å²) in [6.45, 7) is 1.01. The molecule has 0 radical (unpaired) electrons. The van der Waals surface area contributed by atoms with Gasteiger partial charge >= 0.3 is 0 Å². The van der Waals surface area contributed by atoms with Crippen LogP contribution in [0.4, 0.5) is 0 Å². The lowest BCUT2D eigenvalue weighted by atomic mass is 9.81. The van der Waals surface area contributed by atoms with Gasteiger partial charge in [0.15, 0.2) is 0 Å². The number of benzene rings is 2. The lowest BCUT2D eigenvalue weighted by Crippen LogP contribution is -2.36. The molecule has 162 valence electrons. The van der Waals surface area contributed by atoms with E-state index in [0.717, 1.165) is 31.2 Å². The van der Waals surface area contributed by atoms with Crippen LogP contribution in [0.15, 0.2) is 59.5 Å². The van der Waals surface area contributed by atoms with Crippen LogP contribution in [0.3, 0.4) is 0 Å². The number of methoxy groups -OCH3 is 1. The molecule has 2 aromatic rings. The van der Waals surface area contributed by atoms with Crippen LogP contribution in [0.2, 0.25) is 0 Å². The fourth-order valence-electron chi connectivity index (χ4n) is 3.93. The molecule has 7 heteroatoms. The zero-order chi connectivity index (χ0) is 21.6. The number of amides is 1. The molecule has 0 atom stereocenters. The number of carbonyl (C=O) groups excluding carboxylic acids is 1. The van der Waals surface area contributed by atoms with Crippen molar-refractivity contribution in [2.24, 2.45) is 11.8 Å². The fourth-order valence-corrected chi connectivity index (χ4v) is 5.04. The van der Waals surface area contributed by atoms with E-state index in [9.17, 15) is 13.2 Å². The first-order valence-electron chi connectivity index (χ1n) is 10.3. The first-order valence-corrected chi connectivity index (χ1v) is 11.8. The Bertz CT molecular complexity index is 921. The van der Waals surface area contributed by atoms with Crippen LogP contribution in [0.25, 0.3) is 0 Å². The van der Waals surface area contributed by atoms with Gasteiger partial charge in [0.25, 0.3) is 0 Å². The number of sulfonamides is 1. The highest BCUT2D eigenvalue weighted by Crippen LogP contribution is 2.30. The van der Waals surface area contributed by atoms with Crippen LogP contribution in [0.5, 0.6) is 5.75 Å². The van der Waals surface area contributed by atoms with Gasteiger partial charge < -0.3 is 9.64 Å². The summed E-state index contributed by atoms with van der Waals surface area (Å²) in [4.78, 5) is 14.8. The second-order valence-corrected chi connectivity index (χ2v) is 9.69. The molecular formula is C23H30N2O4S. The van der Waals surface area contributed by atoms with Gasteiger partial charge in [0.05, 0.1) is 12.0 Å². The van der Waals surface area contributed by atoms with Crippen molar-refractivity contribution in [1.82, 2.24) is 9.62 Å². The minimum Gasteiger partial charge on any atom is -0.497 e. The van der Waals surface area contributed by atoms with Gasteiger partial charge in [0.2, 0.25) is 15.9 Å². The van der Waals surface area contributed by atoms with Crippen molar-refractivity contribution in [3.8, 4) is 5.75 Å². The molecule has 1 aliphatic carbocycles. The highest BCUT2D eigenvalue weighted by atomic mass is 32.2. The van der Waals surface area contributed by atoms with E-state index in [0.29, 0.717) is 18.8 Å². The Hall–Kier alpha value is -2.38. The maximum atomic E-state index is 12.8. The molecule has 30 heavy (non-hydrogen) atoms. The van der Waals surface area contributed by atoms with E-state index >= 15 is 0 Å². The van der Waals surface area contributed by atoms with Crippen molar-refractivity contribution in [2.45, 2.75) is 37.1 Å². The van der Waals surface area contributed by atoms with E-state index < -0.39 is 10.0 Å². The highest BCUT2D eigenvalue weighted by Gasteiger charge is 2.29. The van der Waals surface area contributed by atoms with Gasteiger partial charge in [-0.2, -0.15) is 0 Å². The molecule has 0 spiro atoms.